The minimum atomic E-state index is -1.14. The van der Waals surface area contributed by atoms with Crippen molar-refractivity contribution in [3.63, 3.8) is 0 Å². The monoisotopic (exact) mass is 270 g/mol. The Morgan fingerprint density at radius 2 is 2.21 bits per heavy atom. The molecule has 1 aromatic heterocycles. The maximum atomic E-state index is 11.6. The molecule has 3 N–H and O–H groups in total. The van der Waals surface area contributed by atoms with E-state index >= 15 is 0 Å². The second-order valence-corrected chi connectivity index (χ2v) is 4.09. The molecule has 8 heteroatoms. The van der Waals surface area contributed by atoms with Crippen LogP contribution in [0.2, 0.25) is 0 Å². The molecule has 2 amide bonds. The van der Waals surface area contributed by atoms with E-state index < -0.39 is 18.0 Å². The van der Waals surface area contributed by atoms with Crippen molar-refractivity contribution in [1.82, 2.24) is 20.4 Å². The number of amides is 2. The number of hydrogen-bond acceptors (Lipinski definition) is 4. The van der Waals surface area contributed by atoms with Gasteiger partial charge in [0.25, 0.3) is 0 Å². The third-order valence-corrected chi connectivity index (χ3v) is 2.33. The SMILES string of the molecule is COCC(NC(=O)NC(C)Cn1cccn1)C(=O)O. The van der Waals surface area contributed by atoms with Gasteiger partial charge in [0.1, 0.15) is 0 Å². The number of carbonyl (C=O) groups is 2. The molecule has 1 aromatic rings. The van der Waals surface area contributed by atoms with E-state index in [2.05, 4.69) is 15.7 Å². The molecule has 0 aliphatic rings. The summed E-state index contributed by atoms with van der Waals surface area (Å²) < 4.78 is 6.39. The number of carbonyl (C=O) groups excluding carboxylic acids is 1. The van der Waals surface area contributed by atoms with Crippen LogP contribution in [0.1, 0.15) is 6.92 Å². The van der Waals surface area contributed by atoms with E-state index in [0.29, 0.717) is 6.54 Å². The van der Waals surface area contributed by atoms with E-state index in [4.69, 9.17) is 9.84 Å². The van der Waals surface area contributed by atoms with Crippen LogP contribution in [0.15, 0.2) is 18.5 Å². The Morgan fingerprint density at radius 3 is 2.74 bits per heavy atom. The molecule has 0 aromatic carbocycles. The third kappa shape index (κ3) is 5.38. The van der Waals surface area contributed by atoms with E-state index in [1.807, 2.05) is 0 Å². The number of nitrogens with zero attached hydrogens (tertiary/aromatic N) is 2. The third-order valence-electron chi connectivity index (χ3n) is 2.33. The highest BCUT2D eigenvalue weighted by atomic mass is 16.5. The molecule has 1 heterocycles. The van der Waals surface area contributed by atoms with Gasteiger partial charge in [-0.25, -0.2) is 9.59 Å². The lowest BCUT2D eigenvalue weighted by Crippen LogP contribution is -2.50. The number of hydrogen-bond donors (Lipinski definition) is 3. The van der Waals surface area contributed by atoms with Gasteiger partial charge in [0.05, 0.1) is 13.2 Å². The first kappa shape index (κ1) is 15.0. The zero-order valence-electron chi connectivity index (χ0n) is 10.9. The summed E-state index contributed by atoms with van der Waals surface area (Å²) in [5, 5.41) is 17.8. The van der Waals surface area contributed by atoms with Gasteiger partial charge in [-0.2, -0.15) is 5.10 Å². The van der Waals surface area contributed by atoms with Gasteiger partial charge < -0.3 is 20.5 Å². The van der Waals surface area contributed by atoms with Crippen LogP contribution in [-0.4, -0.2) is 52.7 Å². The zero-order valence-corrected chi connectivity index (χ0v) is 10.9. The lowest BCUT2D eigenvalue weighted by molar-refractivity contribution is -0.140. The molecular formula is C11H18N4O4. The summed E-state index contributed by atoms with van der Waals surface area (Å²) in [5.41, 5.74) is 0. The van der Waals surface area contributed by atoms with Crippen molar-refractivity contribution in [1.29, 1.82) is 0 Å². The Morgan fingerprint density at radius 1 is 1.47 bits per heavy atom. The van der Waals surface area contributed by atoms with Gasteiger partial charge in [0.15, 0.2) is 6.04 Å². The van der Waals surface area contributed by atoms with Crippen LogP contribution in [0.25, 0.3) is 0 Å². The van der Waals surface area contributed by atoms with Crippen molar-refractivity contribution in [2.75, 3.05) is 13.7 Å². The molecule has 2 atom stereocenters. The van der Waals surface area contributed by atoms with Crippen LogP contribution >= 0.6 is 0 Å². The van der Waals surface area contributed by atoms with Gasteiger partial charge in [0.2, 0.25) is 0 Å². The van der Waals surface area contributed by atoms with Crippen LogP contribution < -0.4 is 10.6 Å². The molecule has 0 spiro atoms. The summed E-state index contributed by atoms with van der Waals surface area (Å²) in [7, 11) is 1.37. The van der Waals surface area contributed by atoms with Gasteiger partial charge in [-0.15, -0.1) is 0 Å². The van der Waals surface area contributed by atoms with Crippen molar-refractivity contribution < 1.29 is 19.4 Å². The van der Waals surface area contributed by atoms with Crippen LogP contribution in [-0.2, 0) is 16.1 Å². The van der Waals surface area contributed by atoms with Crippen molar-refractivity contribution in [3.05, 3.63) is 18.5 Å². The molecule has 0 radical (unpaired) electrons. The smallest absolute Gasteiger partial charge is 0.328 e. The van der Waals surface area contributed by atoms with Crippen molar-refractivity contribution >= 4 is 12.0 Å². The average Bonchev–Trinajstić information content (AvgIpc) is 2.80. The molecule has 106 valence electrons. The highest BCUT2D eigenvalue weighted by molar-refractivity contribution is 5.82. The van der Waals surface area contributed by atoms with Gasteiger partial charge in [-0.3, -0.25) is 4.68 Å². The number of urea groups is 1. The number of aromatic nitrogens is 2. The number of nitrogens with one attached hydrogen (secondary N) is 2. The second-order valence-electron chi connectivity index (χ2n) is 4.09. The fraction of sp³-hybridized carbons (Fsp3) is 0.545. The molecule has 0 aliphatic heterocycles. The average molecular weight is 270 g/mol. The first-order valence-corrected chi connectivity index (χ1v) is 5.79. The van der Waals surface area contributed by atoms with Crippen LogP contribution in [0.5, 0.6) is 0 Å². The summed E-state index contributed by atoms with van der Waals surface area (Å²) in [5.74, 6) is -1.14. The number of carboxylic acid groups (broad SMARTS) is 1. The largest absolute Gasteiger partial charge is 0.480 e. The number of rotatable bonds is 7. The Hall–Kier alpha value is -2.09. The van der Waals surface area contributed by atoms with E-state index in [-0.39, 0.29) is 12.6 Å². The Kier molecular flexibility index (Phi) is 5.80. The fourth-order valence-corrected chi connectivity index (χ4v) is 1.50. The highest BCUT2D eigenvalue weighted by Gasteiger charge is 2.20. The Balaban J connectivity index is 2.38. The lowest BCUT2D eigenvalue weighted by atomic mass is 10.3. The molecule has 0 bridgehead atoms. The summed E-state index contributed by atoms with van der Waals surface area (Å²) >= 11 is 0. The minimum absolute atomic E-state index is 0.0870. The highest BCUT2D eigenvalue weighted by Crippen LogP contribution is 1.91. The lowest BCUT2D eigenvalue weighted by Gasteiger charge is -2.18. The molecule has 0 fully saturated rings. The number of ether oxygens (including phenoxy) is 1. The molecule has 0 saturated heterocycles. The topological polar surface area (TPSA) is 105 Å². The number of aliphatic carboxylic acids is 1. The van der Waals surface area contributed by atoms with Crippen LogP contribution in [0, 0.1) is 0 Å². The standard InChI is InChI=1S/C11H18N4O4/c1-8(6-15-5-3-4-12-15)13-11(18)14-9(7-19-2)10(16)17/h3-5,8-9H,6-7H2,1-2H3,(H,16,17)(H2,13,14,18). The van der Waals surface area contributed by atoms with Crippen molar-refractivity contribution in [2.45, 2.75) is 25.6 Å². The van der Waals surface area contributed by atoms with Crippen LogP contribution in [0.3, 0.4) is 0 Å². The number of methoxy groups -OCH3 is 1. The van der Waals surface area contributed by atoms with Crippen molar-refractivity contribution in [2.24, 2.45) is 0 Å². The Bertz CT molecular complexity index is 407. The first-order valence-electron chi connectivity index (χ1n) is 5.79. The van der Waals surface area contributed by atoms with Gasteiger partial charge in [-0.05, 0) is 13.0 Å². The maximum Gasteiger partial charge on any atom is 0.328 e. The first-order chi connectivity index (χ1) is 9.02. The van der Waals surface area contributed by atoms with Crippen molar-refractivity contribution in [3.8, 4) is 0 Å². The van der Waals surface area contributed by atoms with E-state index in [0.717, 1.165) is 0 Å². The molecule has 19 heavy (non-hydrogen) atoms. The van der Waals surface area contributed by atoms with Gasteiger partial charge >= 0.3 is 12.0 Å². The molecule has 2 unspecified atom stereocenters. The predicted octanol–water partition coefficient (Wildman–Crippen LogP) is -0.330. The summed E-state index contributed by atoms with van der Waals surface area (Å²) in [6.07, 6.45) is 3.42. The van der Waals surface area contributed by atoms with E-state index in [9.17, 15) is 9.59 Å². The number of carboxylic acids is 1. The normalized spacial score (nSPS) is 13.6. The predicted molar refractivity (Wildman–Crippen MR) is 66.7 cm³/mol. The molecule has 1 rings (SSSR count). The maximum absolute atomic E-state index is 11.6. The Labute approximate surface area is 110 Å². The van der Waals surface area contributed by atoms with Crippen LogP contribution in [0.4, 0.5) is 4.79 Å². The van der Waals surface area contributed by atoms with E-state index in [1.54, 1.807) is 30.1 Å². The second kappa shape index (κ2) is 7.37. The fourth-order valence-electron chi connectivity index (χ4n) is 1.50. The van der Waals surface area contributed by atoms with Gasteiger partial charge in [0, 0.05) is 25.5 Å². The summed E-state index contributed by atoms with van der Waals surface area (Å²) in [4.78, 5) is 22.4. The molecular weight excluding hydrogens is 252 g/mol. The van der Waals surface area contributed by atoms with Gasteiger partial charge in [-0.1, -0.05) is 0 Å². The van der Waals surface area contributed by atoms with E-state index in [1.165, 1.54) is 7.11 Å². The summed E-state index contributed by atoms with van der Waals surface area (Å²) in [6, 6.07) is -0.0193. The molecule has 0 saturated carbocycles. The molecule has 8 nitrogen and oxygen atoms in total. The summed E-state index contributed by atoms with van der Waals surface area (Å²) in [6.45, 7) is 2.21. The quantitative estimate of drug-likeness (QED) is 0.629. The zero-order chi connectivity index (χ0) is 14.3. The molecule has 0 aliphatic carbocycles. The minimum Gasteiger partial charge on any atom is -0.480 e.